The molecule has 0 fully saturated rings. The molecule has 1 N–H and O–H groups in total. The average Bonchev–Trinajstić information content (AvgIpc) is 2.66. The largest absolute Gasteiger partial charge is 0.359 e. The highest BCUT2D eigenvalue weighted by Crippen LogP contribution is 2.21. The van der Waals surface area contributed by atoms with Gasteiger partial charge in [0.1, 0.15) is 0 Å². The lowest BCUT2D eigenvalue weighted by Crippen LogP contribution is -2.38. The number of rotatable bonds is 5. The standard InChI is InChI=1S/C20H21N3O2/c1-14(11-19(24)22-2)23(3)20(25)17-9-7-16(8-10-17)18-6-4-5-15(12-18)13-21/h4-10,12,14H,11H2,1-3H3,(H,22,24). The smallest absolute Gasteiger partial charge is 0.253 e. The Morgan fingerprint density at radius 3 is 2.44 bits per heavy atom. The maximum absolute atomic E-state index is 12.6. The van der Waals surface area contributed by atoms with Gasteiger partial charge in [0.25, 0.3) is 5.91 Å². The Balaban J connectivity index is 2.14. The zero-order chi connectivity index (χ0) is 18.4. The monoisotopic (exact) mass is 335 g/mol. The lowest BCUT2D eigenvalue weighted by Gasteiger charge is -2.24. The van der Waals surface area contributed by atoms with Crippen molar-refractivity contribution in [3.05, 3.63) is 59.7 Å². The van der Waals surface area contributed by atoms with Crippen molar-refractivity contribution in [1.82, 2.24) is 10.2 Å². The molecule has 0 aliphatic heterocycles. The van der Waals surface area contributed by atoms with Crippen LogP contribution >= 0.6 is 0 Å². The quantitative estimate of drug-likeness (QED) is 0.913. The van der Waals surface area contributed by atoms with Gasteiger partial charge in [0.15, 0.2) is 0 Å². The van der Waals surface area contributed by atoms with E-state index in [1.807, 2.05) is 37.3 Å². The van der Waals surface area contributed by atoms with Crippen molar-refractivity contribution in [2.75, 3.05) is 14.1 Å². The maximum atomic E-state index is 12.6. The van der Waals surface area contributed by atoms with Gasteiger partial charge in [-0.2, -0.15) is 5.26 Å². The average molecular weight is 335 g/mol. The molecule has 0 heterocycles. The van der Waals surface area contributed by atoms with Gasteiger partial charge in [-0.1, -0.05) is 24.3 Å². The molecule has 2 aromatic rings. The summed E-state index contributed by atoms with van der Waals surface area (Å²) in [5.74, 6) is -0.228. The third-order valence-corrected chi connectivity index (χ3v) is 4.20. The molecule has 25 heavy (non-hydrogen) atoms. The number of carbonyl (C=O) groups is 2. The van der Waals surface area contributed by atoms with Crippen LogP contribution in [-0.4, -0.2) is 36.9 Å². The second-order valence-corrected chi connectivity index (χ2v) is 5.91. The van der Waals surface area contributed by atoms with Crippen LogP contribution in [0.2, 0.25) is 0 Å². The number of nitrogens with zero attached hydrogens (tertiary/aromatic N) is 2. The molecule has 0 aromatic heterocycles. The molecular weight excluding hydrogens is 314 g/mol. The Morgan fingerprint density at radius 2 is 1.84 bits per heavy atom. The molecule has 5 nitrogen and oxygen atoms in total. The summed E-state index contributed by atoms with van der Waals surface area (Å²) >= 11 is 0. The normalized spacial score (nSPS) is 11.3. The lowest BCUT2D eigenvalue weighted by molar-refractivity contribution is -0.121. The summed E-state index contributed by atoms with van der Waals surface area (Å²) in [4.78, 5) is 25.6. The van der Waals surface area contributed by atoms with Gasteiger partial charge in [-0.15, -0.1) is 0 Å². The molecule has 128 valence electrons. The van der Waals surface area contributed by atoms with Crippen molar-refractivity contribution < 1.29 is 9.59 Å². The van der Waals surface area contributed by atoms with Gasteiger partial charge in [-0.05, 0) is 42.3 Å². The van der Waals surface area contributed by atoms with Crippen molar-refractivity contribution in [3.8, 4) is 17.2 Å². The van der Waals surface area contributed by atoms with Crippen molar-refractivity contribution in [3.63, 3.8) is 0 Å². The van der Waals surface area contributed by atoms with Gasteiger partial charge in [0, 0.05) is 32.1 Å². The molecule has 0 radical (unpaired) electrons. The highest BCUT2D eigenvalue weighted by molar-refractivity contribution is 5.95. The molecule has 0 spiro atoms. The molecule has 2 amide bonds. The van der Waals surface area contributed by atoms with E-state index in [4.69, 9.17) is 5.26 Å². The lowest BCUT2D eigenvalue weighted by atomic mass is 10.0. The van der Waals surface area contributed by atoms with Crippen molar-refractivity contribution in [2.24, 2.45) is 0 Å². The number of hydrogen-bond acceptors (Lipinski definition) is 3. The van der Waals surface area contributed by atoms with E-state index >= 15 is 0 Å². The Labute approximate surface area is 147 Å². The van der Waals surface area contributed by atoms with Crippen molar-refractivity contribution in [2.45, 2.75) is 19.4 Å². The fourth-order valence-corrected chi connectivity index (χ4v) is 2.48. The summed E-state index contributed by atoms with van der Waals surface area (Å²) in [6.45, 7) is 1.84. The van der Waals surface area contributed by atoms with Crippen LogP contribution in [0.3, 0.4) is 0 Å². The number of carbonyl (C=O) groups excluding carboxylic acids is 2. The van der Waals surface area contributed by atoms with Crippen molar-refractivity contribution in [1.29, 1.82) is 5.26 Å². The van der Waals surface area contributed by atoms with E-state index in [-0.39, 0.29) is 24.3 Å². The fourth-order valence-electron chi connectivity index (χ4n) is 2.48. The predicted molar refractivity (Wildman–Crippen MR) is 96.8 cm³/mol. The van der Waals surface area contributed by atoms with Crippen LogP contribution in [0.5, 0.6) is 0 Å². The first-order valence-electron chi connectivity index (χ1n) is 8.04. The summed E-state index contributed by atoms with van der Waals surface area (Å²) in [5, 5.41) is 11.6. The topological polar surface area (TPSA) is 73.2 Å². The number of hydrogen-bond donors (Lipinski definition) is 1. The van der Waals surface area contributed by atoms with Crippen molar-refractivity contribution >= 4 is 11.8 Å². The molecule has 5 heteroatoms. The molecule has 0 aliphatic rings. The Morgan fingerprint density at radius 1 is 1.16 bits per heavy atom. The number of nitrogens with one attached hydrogen (secondary N) is 1. The van der Waals surface area contributed by atoms with Gasteiger partial charge in [-0.3, -0.25) is 9.59 Å². The van der Waals surface area contributed by atoms with Gasteiger partial charge in [-0.25, -0.2) is 0 Å². The summed E-state index contributed by atoms with van der Waals surface area (Å²) in [6, 6.07) is 16.5. The van der Waals surface area contributed by atoms with Crippen LogP contribution in [-0.2, 0) is 4.79 Å². The zero-order valence-corrected chi connectivity index (χ0v) is 14.6. The predicted octanol–water partition coefficient (Wildman–Crippen LogP) is 2.82. The van der Waals surface area contributed by atoms with Crippen LogP contribution in [0.4, 0.5) is 0 Å². The van der Waals surface area contributed by atoms with Gasteiger partial charge in [0.2, 0.25) is 5.91 Å². The minimum atomic E-state index is -0.195. The van der Waals surface area contributed by atoms with Gasteiger partial charge < -0.3 is 10.2 Å². The number of amides is 2. The molecule has 0 saturated carbocycles. The van der Waals surface area contributed by atoms with E-state index < -0.39 is 0 Å². The third-order valence-electron chi connectivity index (χ3n) is 4.20. The number of benzene rings is 2. The number of nitriles is 1. The minimum absolute atomic E-state index is 0.0973. The second-order valence-electron chi connectivity index (χ2n) is 5.91. The first kappa shape index (κ1) is 18.2. The first-order valence-corrected chi connectivity index (χ1v) is 8.04. The maximum Gasteiger partial charge on any atom is 0.253 e. The summed E-state index contributed by atoms with van der Waals surface area (Å²) in [7, 11) is 3.27. The van der Waals surface area contributed by atoms with E-state index in [0.717, 1.165) is 11.1 Å². The van der Waals surface area contributed by atoms with Crippen LogP contribution < -0.4 is 5.32 Å². The van der Waals surface area contributed by atoms with Crippen LogP contribution in [0.25, 0.3) is 11.1 Å². The Hall–Kier alpha value is -3.13. The third kappa shape index (κ3) is 4.45. The molecule has 1 unspecified atom stereocenters. The van der Waals surface area contributed by atoms with E-state index in [1.165, 1.54) is 0 Å². The van der Waals surface area contributed by atoms with Crippen LogP contribution in [0, 0.1) is 11.3 Å². The summed E-state index contributed by atoms with van der Waals surface area (Å²) in [6.07, 6.45) is 0.262. The van der Waals surface area contributed by atoms with E-state index in [1.54, 1.807) is 37.2 Å². The first-order chi connectivity index (χ1) is 12.0. The molecular formula is C20H21N3O2. The van der Waals surface area contributed by atoms with Crippen LogP contribution in [0.1, 0.15) is 29.3 Å². The van der Waals surface area contributed by atoms with E-state index in [9.17, 15) is 9.59 Å². The van der Waals surface area contributed by atoms with Crippen LogP contribution in [0.15, 0.2) is 48.5 Å². The molecule has 0 saturated heterocycles. The molecule has 0 aliphatic carbocycles. The summed E-state index contributed by atoms with van der Waals surface area (Å²) < 4.78 is 0. The fraction of sp³-hybridized carbons (Fsp3) is 0.250. The zero-order valence-electron chi connectivity index (χ0n) is 14.6. The molecule has 2 aromatic carbocycles. The highest BCUT2D eigenvalue weighted by atomic mass is 16.2. The van der Waals surface area contributed by atoms with E-state index in [2.05, 4.69) is 11.4 Å². The summed E-state index contributed by atoms with van der Waals surface area (Å²) in [5.41, 5.74) is 3.03. The molecule has 1 atom stereocenters. The highest BCUT2D eigenvalue weighted by Gasteiger charge is 2.19. The Kier molecular flexibility index (Phi) is 5.91. The molecule has 0 bridgehead atoms. The SMILES string of the molecule is CNC(=O)CC(C)N(C)C(=O)c1ccc(-c2cccc(C#N)c2)cc1. The second kappa shape index (κ2) is 8.11. The van der Waals surface area contributed by atoms with Gasteiger partial charge in [0.05, 0.1) is 11.6 Å². The van der Waals surface area contributed by atoms with Gasteiger partial charge >= 0.3 is 0 Å². The van der Waals surface area contributed by atoms with E-state index in [0.29, 0.717) is 11.1 Å². The Bertz CT molecular complexity index is 806. The molecule has 2 rings (SSSR count). The minimum Gasteiger partial charge on any atom is -0.359 e.